The Labute approximate surface area is 214 Å². The first-order valence-electron chi connectivity index (χ1n) is 11.3. The van der Waals surface area contributed by atoms with Crippen LogP contribution in [-0.4, -0.2) is 28.8 Å². The number of fused-ring (bicyclic) bond motifs is 3. The fourth-order valence-corrected chi connectivity index (χ4v) is 6.25. The summed E-state index contributed by atoms with van der Waals surface area (Å²) in [5, 5.41) is 4.79. The number of benzene rings is 2. The Kier molecular flexibility index (Phi) is 6.53. The Bertz CT molecular complexity index is 1540. The van der Waals surface area contributed by atoms with Crippen molar-refractivity contribution in [3.8, 4) is 11.4 Å². The molecule has 2 aromatic carbocycles. The maximum atomic E-state index is 13.6. The summed E-state index contributed by atoms with van der Waals surface area (Å²) in [6.45, 7) is 1.82. The molecule has 5 rings (SSSR count). The van der Waals surface area contributed by atoms with Crippen LogP contribution in [0.1, 0.15) is 45.0 Å². The van der Waals surface area contributed by atoms with E-state index in [0.717, 1.165) is 51.5 Å². The van der Waals surface area contributed by atoms with Crippen molar-refractivity contribution in [2.45, 2.75) is 32.6 Å². The number of methoxy groups -OCH3 is 1. The molecule has 7 nitrogen and oxygen atoms in total. The molecule has 1 amide bonds. The zero-order valence-electron chi connectivity index (χ0n) is 19.3. The van der Waals surface area contributed by atoms with Crippen LogP contribution < -0.4 is 15.7 Å². The van der Waals surface area contributed by atoms with Gasteiger partial charge in [0, 0.05) is 10.4 Å². The third-order valence-electron chi connectivity index (χ3n) is 6.08. The Morgan fingerprint density at radius 1 is 1.23 bits per heavy atom. The van der Waals surface area contributed by atoms with Crippen molar-refractivity contribution in [1.29, 1.82) is 0 Å². The monoisotopic (exact) mass is 550 g/mol. The minimum absolute atomic E-state index is 0.0763. The molecule has 178 valence electrons. The van der Waals surface area contributed by atoms with Gasteiger partial charge in [-0.25, -0.2) is 10.4 Å². The number of carbonyl (C=O) groups is 1. The third-order valence-corrected chi connectivity index (χ3v) is 7.88. The smallest absolute Gasteiger partial charge is 0.271 e. The molecule has 0 fully saturated rings. The first-order chi connectivity index (χ1) is 17.0. The second-order valence-electron chi connectivity index (χ2n) is 8.33. The molecular weight excluding hydrogens is 528 g/mol. The van der Waals surface area contributed by atoms with E-state index in [0.29, 0.717) is 22.8 Å². The molecule has 2 heterocycles. The van der Waals surface area contributed by atoms with Crippen LogP contribution >= 0.6 is 27.3 Å². The highest BCUT2D eigenvalue weighted by molar-refractivity contribution is 9.10. The molecule has 0 radical (unpaired) electrons. The number of hydrogen-bond donors (Lipinski definition) is 1. The SMILES string of the molecule is COc1ccc(/C=N/NC(=O)c2cccc(-n3c(C)nc4sc5c(c4c3=O)CCCC5)c2)cc1Br. The molecule has 1 N–H and O–H groups in total. The van der Waals surface area contributed by atoms with Crippen LogP contribution in [0.3, 0.4) is 0 Å². The van der Waals surface area contributed by atoms with Crippen LogP contribution in [0.15, 0.2) is 56.8 Å². The fraction of sp³-hybridized carbons (Fsp3) is 0.231. The molecule has 4 aromatic rings. The lowest BCUT2D eigenvalue weighted by Crippen LogP contribution is -2.23. The molecular formula is C26H23BrN4O3S. The van der Waals surface area contributed by atoms with Gasteiger partial charge in [-0.2, -0.15) is 5.10 Å². The Morgan fingerprint density at radius 3 is 2.86 bits per heavy atom. The van der Waals surface area contributed by atoms with E-state index >= 15 is 0 Å². The van der Waals surface area contributed by atoms with Gasteiger partial charge in [0.1, 0.15) is 16.4 Å². The summed E-state index contributed by atoms with van der Waals surface area (Å²) in [6, 6.07) is 12.4. The van der Waals surface area contributed by atoms with E-state index in [1.165, 1.54) is 4.88 Å². The van der Waals surface area contributed by atoms with Crippen molar-refractivity contribution in [2.75, 3.05) is 7.11 Å². The van der Waals surface area contributed by atoms with Crippen molar-refractivity contribution < 1.29 is 9.53 Å². The van der Waals surface area contributed by atoms with Gasteiger partial charge in [-0.15, -0.1) is 11.3 Å². The number of aryl methyl sites for hydroxylation is 3. The lowest BCUT2D eigenvalue weighted by atomic mass is 9.97. The van der Waals surface area contributed by atoms with Crippen molar-refractivity contribution in [3.63, 3.8) is 0 Å². The molecule has 2 aromatic heterocycles. The van der Waals surface area contributed by atoms with E-state index in [2.05, 4.69) is 26.5 Å². The number of aromatic nitrogens is 2. The van der Waals surface area contributed by atoms with E-state index in [1.807, 2.05) is 31.2 Å². The first-order valence-corrected chi connectivity index (χ1v) is 12.9. The number of halogens is 1. The minimum Gasteiger partial charge on any atom is -0.496 e. The lowest BCUT2D eigenvalue weighted by molar-refractivity contribution is 0.0955. The number of hydrogen-bond acceptors (Lipinski definition) is 6. The van der Waals surface area contributed by atoms with E-state index < -0.39 is 0 Å². The molecule has 9 heteroatoms. The number of carbonyl (C=O) groups excluding carboxylic acids is 1. The zero-order chi connectivity index (χ0) is 24.5. The zero-order valence-corrected chi connectivity index (χ0v) is 21.7. The highest BCUT2D eigenvalue weighted by Crippen LogP contribution is 2.34. The van der Waals surface area contributed by atoms with Crippen LogP contribution in [0.5, 0.6) is 5.75 Å². The van der Waals surface area contributed by atoms with Gasteiger partial charge < -0.3 is 4.74 Å². The molecule has 35 heavy (non-hydrogen) atoms. The quantitative estimate of drug-likeness (QED) is 0.274. The topological polar surface area (TPSA) is 85.6 Å². The maximum absolute atomic E-state index is 13.6. The molecule has 0 saturated carbocycles. The number of thiophene rings is 1. The minimum atomic E-state index is -0.372. The number of nitrogens with one attached hydrogen (secondary N) is 1. The van der Waals surface area contributed by atoms with Gasteiger partial charge in [0.2, 0.25) is 0 Å². The van der Waals surface area contributed by atoms with Crippen LogP contribution in [0.25, 0.3) is 15.9 Å². The van der Waals surface area contributed by atoms with Gasteiger partial charge in [-0.1, -0.05) is 6.07 Å². The largest absolute Gasteiger partial charge is 0.496 e. The molecule has 0 saturated heterocycles. The number of nitrogens with zero attached hydrogens (tertiary/aromatic N) is 3. The van der Waals surface area contributed by atoms with Crippen molar-refractivity contribution in [2.24, 2.45) is 5.10 Å². The average Bonchev–Trinajstić information content (AvgIpc) is 3.22. The Morgan fingerprint density at radius 2 is 2.06 bits per heavy atom. The summed E-state index contributed by atoms with van der Waals surface area (Å²) in [7, 11) is 1.60. The lowest BCUT2D eigenvalue weighted by Gasteiger charge is -2.12. The highest BCUT2D eigenvalue weighted by atomic mass is 79.9. The molecule has 0 atom stereocenters. The second kappa shape index (κ2) is 9.75. The van der Waals surface area contributed by atoms with Crippen LogP contribution in [-0.2, 0) is 12.8 Å². The number of hydrazone groups is 1. The average molecular weight is 551 g/mol. The van der Waals surface area contributed by atoms with E-state index in [-0.39, 0.29) is 11.5 Å². The molecule has 0 unspecified atom stereocenters. The van der Waals surface area contributed by atoms with Gasteiger partial charge in [0.05, 0.1) is 28.9 Å². The predicted octanol–water partition coefficient (Wildman–Crippen LogP) is 5.17. The van der Waals surface area contributed by atoms with Gasteiger partial charge in [-0.3, -0.25) is 14.2 Å². The van der Waals surface area contributed by atoms with Crippen LogP contribution in [0, 0.1) is 6.92 Å². The van der Waals surface area contributed by atoms with Crippen molar-refractivity contribution >= 4 is 49.6 Å². The van der Waals surface area contributed by atoms with Crippen molar-refractivity contribution in [3.05, 3.63) is 84.7 Å². The molecule has 1 aliphatic rings. The first kappa shape index (κ1) is 23.4. The third kappa shape index (κ3) is 4.53. The Hall–Kier alpha value is -3.30. The van der Waals surface area contributed by atoms with Crippen molar-refractivity contribution in [1.82, 2.24) is 15.0 Å². The van der Waals surface area contributed by atoms with Gasteiger partial charge in [0.25, 0.3) is 11.5 Å². The Balaban J connectivity index is 1.42. The highest BCUT2D eigenvalue weighted by Gasteiger charge is 2.22. The normalized spacial score (nSPS) is 13.2. The maximum Gasteiger partial charge on any atom is 0.271 e. The van der Waals surface area contributed by atoms with E-state index in [9.17, 15) is 9.59 Å². The number of ether oxygens (including phenoxy) is 1. The van der Waals surface area contributed by atoms with E-state index in [4.69, 9.17) is 9.72 Å². The summed E-state index contributed by atoms with van der Waals surface area (Å²) in [5.74, 6) is 0.939. The number of rotatable bonds is 5. The summed E-state index contributed by atoms with van der Waals surface area (Å²) >= 11 is 5.07. The molecule has 0 spiro atoms. The summed E-state index contributed by atoms with van der Waals surface area (Å²) < 4.78 is 7.61. The van der Waals surface area contributed by atoms with Crippen LogP contribution in [0.2, 0.25) is 0 Å². The summed E-state index contributed by atoms with van der Waals surface area (Å²) in [4.78, 5) is 33.2. The summed E-state index contributed by atoms with van der Waals surface area (Å²) in [6.07, 6.45) is 5.73. The molecule has 0 aliphatic heterocycles. The fourth-order valence-electron chi connectivity index (χ4n) is 4.39. The number of amides is 1. The second-order valence-corrected chi connectivity index (χ2v) is 10.3. The predicted molar refractivity (Wildman–Crippen MR) is 142 cm³/mol. The van der Waals surface area contributed by atoms with Gasteiger partial charge >= 0.3 is 0 Å². The molecule has 0 bridgehead atoms. The van der Waals surface area contributed by atoms with Crippen LogP contribution in [0.4, 0.5) is 0 Å². The summed E-state index contributed by atoms with van der Waals surface area (Å²) in [5.41, 5.74) is 5.43. The van der Waals surface area contributed by atoms with Gasteiger partial charge in [-0.05, 0) is 96.1 Å². The van der Waals surface area contributed by atoms with E-state index in [1.54, 1.807) is 47.4 Å². The standard InChI is InChI=1S/C26H23BrN4O3S/c1-15-29-25-23(19-8-3-4-9-22(19)35-25)26(33)31(15)18-7-5-6-17(13-18)24(32)30-28-14-16-10-11-21(34-2)20(27)12-16/h5-7,10-14H,3-4,8-9H2,1-2H3,(H,30,32)/b28-14+. The van der Waals surface area contributed by atoms with Gasteiger partial charge in [0.15, 0.2) is 0 Å². The molecule has 1 aliphatic carbocycles.